The van der Waals surface area contributed by atoms with Crippen LogP contribution in [0.1, 0.15) is 63.1 Å². The van der Waals surface area contributed by atoms with Crippen molar-refractivity contribution in [3.05, 3.63) is 53.1 Å². The zero-order valence-electron chi connectivity index (χ0n) is 13.9. The van der Waals surface area contributed by atoms with Gasteiger partial charge in [0.1, 0.15) is 0 Å². The summed E-state index contributed by atoms with van der Waals surface area (Å²) >= 11 is 0. The van der Waals surface area contributed by atoms with Crippen LogP contribution in [-0.4, -0.2) is 0 Å². The van der Waals surface area contributed by atoms with Crippen molar-refractivity contribution in [3.8, 4) is 11.1 Å². The van der Waals surface area contributed by atoms with E-state index in [1.54, 1.807) is 0 Å². The van der Waals surface area contributed by atoms with Gasteiger partial charge in [0.25, 0.3) is 0 Å². The molecule has 0 fully saturated rings. The Balaban J connectivity index is 2.57. The maximum atomic E-state index is 6.04. The van der Waals surface area contributed by atoms with E-state index in [2.05, 4.69) is 65.0 Å². The highest BCUT2D eigenvalue weighted by Gasteiger charge is 2.12. The molecule has 0 atom stereocenters. The van der Waals surface area contributed by atoms with Gasteiger partial charge in [-0.05, 0) is 58.2 Å². The van der Waals surface area contributed by atoms with Crippen LogP contribution in [0.25, 0.3) is 11.1 Å². The predicted molar refractivity (Wildman–Crippen MR) is 93.8 cm³/mol. The molecule has 112 valence electrons. The Hall–Kier alpha value is -1.76. The third-order valence-corrected chi connectivity index (χ3v) is 4.20. The molecule has 1 nitrogen and oxygen atoms in total. The molecule has 0 amide bonds. The highest BCUT2D eigenvalue weighted by atomic mass is 14.6. The Labute approximate surface area is 129 Å². The molecule has 0 aliphatic rings. The van der Waals surface area contributed by atoms with Crippen LogP contribution in [-0.2, 0) is 6.42 Å². The Morgan fingerprint density at radius 2 is 1.62 bits per heavy atom. The van der Waals surface area contributed by atoms with Crippen LogP contribution in [0.4, 0.5) is 5.69 Å². The second-order valence-electron chi connectivity index (χ2n) is 6.42. The summed E-state index contributed by atoms with van der Waals surface area (Å²) in [6, 6.07) is 13.3. The summed E-state index contributed by atoms with van der Waals surface area (Å²) < 4.78 is 0. The molecule has 0 spiro atoms. The minimum atomic E-state index is 0.515. The molecular formula is C20H27N. The lowest BCUT2D eigenvalue weighted by molar-refractivity contribution is 0.835. The normalized spacial score (nSPS) is 11.4. The molecule has 0 heterocycles. The van der Waals surface area contributed by atoms with Crippen LogP contribution in [0.3, 0.4) is 0 Å². The van der Waals surface area contributed by atoms with E-state index in [-0.39, 0.29) is 0 Å². The predicted octanol–water partition coefficient (Wildman–Crippen LogP) is 5.75. The monoisotopic (exact) mass is 281 g/mol. The van der Waals surface area contributed by atoms with Crippen LogP contribution in [0.2, 0.25) is 0 Å². The number of rotatable bonds is 4. The standard InChI is InChI=1S/C20H27N/c1-6-15-11-17(8-10-20(15)21)18-9-7-16(13(2)3)12-19(18)14(4)5/h7-14H,6,21H2,1-5H3. The van der Waals surface area contributed by atoms with E-state index in [1.165, 1.54) is 27.8 Å². The van der Waals surface area contributed by atoms with Crippen molar-refractivity contribution in [2.75, 3.05) is 5.73 Å². The van der Waals surface area contributed by atoms with Gasteiger partial charge in [-0.3, -0.25) is 0 Å². The summed E-state index contributed by atoms with van der Waals surface area (Å²) in [5.41, 5.74) is 13.6. The summed E-state index contributed by atoms with van der Waals surface area (Å²) in [7, 11) is 0. The SMILES string of the molecule is CCc1cc(-c2ccc(C(C)C)cc2C(C)C)ccc1N. The summed E-state index contributed by atoms with van der Waals surface area (Å²) in [4.78, 5) is 0. The molecule has 2 rings (SSSR count). The fourth-order valence-electron chi connectivity index (χ4n) is 2.76. The minimum Gasteiger partial charge on any atom is -0.399 e. The molecule has 0 aromatic heterocycles. The molecule has 0 saturated carbocycles. The fraction of sp³-hybridized carbons (Fsp3) is 0.400. The van der Waals surface area contributed by atoms with Gasteiger partial charge in [-0.1, -0.05) is 58.9 Å². The lowest BCUT2D eigenvalue weighted by Gasteiger charge is -2.17. The highest BCUT2D eigenvalue weighted by Crippen LogP contribution is 2.33. The Bertz CT molecular complexity index is 624. The molecule has 2 aromatic carbocycles. The van der Waals surface area contributed by atoms with Crippen LogP contribution < -0.4 is 5.73 Å². The van der Waals surface area contributed by atoms with E-state index in [0.29, 0.717) is 11.8 Å². The van der Waals surface area contributed by atoms with Gasteiger partial charge < -0.3 is 5.73 Å². The zero-order chi connectivity index (χ0) is 15.6. The van der Waals surface area contributed by atoms with E-state index in [1.807, 2.05) is 6.07 Å². The topological polar surface area (TPSA) is 26.0 Å². The molecule has 0 saturated heterocycles. The number of nitrogen functional groups attached to an aromatic ring is 1. The molecule has 21 heavy (non-hydrogen) atoms. The number of hydrogen-bond donors (Lipinski definition) is 1. The number of anilines is 1. The van der Waals surface area contributed by atoms with Gasteiger partial charge in [0.2, 0.25) is 0 Å². The van der Waals surface area contributed by atoms with E-state index in [4.69, 9.17) is 5.73 Å². The summed E-state index contributed by atoms with van der Waals surface area (Å²) in [5.74, 6) is 1.08. The average Bonchev–Trinajstić information content (AvgIpc) is 2.47. The van der Waals surface area contributed by atoms with E-state index >= 15 is 0 Å². The third kappa shape index (κ3) is 3.29. The average molecular weight is 281 g/mol. The van der Waals surface area contributed by atoms with Gasteiger partial charge in [0.05, 0.1) is 0 Å². The van der Waals surface area contributed by atoms with E-state index < -0.39 is 0 Å². The lowest BCUT2D eigenvalue weighted by atomic mass is 9.88. The van der Waals surface area contributed by atoms with Crippen molar-refractivity contribution < 1.29 is 0 Å². The van der Waals surface area contributed by atoms with Crippen molar-refractivity contribution >= 4 is 5.69 Å². The molecule has 0 aliphatic carbocycles. The Morgan fingerprint density at radius 3 is 2.19 bits per heavy atom. The first-order valence-electron chi connectivity index (χ1n) is 7.96. The highest BCUT2D eigenvalue weighted by molar-refractivity contribution is 5.71. The molecular weight excluding hydrogens is 254 g/mol. The van der Waals surface area contributed by atoms with Gasteiger partial charge in [0.15, 0.2) is 0 Å². The molecule has 0 aliphatic heterocycles. The van der Waals surface area contributed by atoms with Crippen LogP contribution in [0.15, 0.2) is 36.4 Å². The van der Waals surface area contributed by atoms with Crippen molar-refractivity contribution in [2.24, 2.45) is 0 Å². The third-order valence-electron chi connectivity index (χ3n) is 4.20. The Morgan fingerprint density at radius 1 is 0.905 bits per heavy atom. The van der Waals surface area contributed by atoms with Crippen molar-refractivity contribution in [2.45, 2.75) is 52.9 Å². The molecule has 0 radical (unpaired) electrons. The number of nitrogens with two attached hydrogens (primary N) is 1. The minimum absolute atomic E-state index is 0.515. The van der Waals surface area contributed by atoms with Crippen molar-refractivity contribution in [3.63, 3.8) is 0 Å². The van der Waals surface area contributed by atoms with Gasteiger partial charge in [-0.2, -0.15) is 0 Å². The van der Waals surface area contributed by atoms with Crippen LogP contribution >= 0.6 is 0 Å². The van der Waals surface area contributed by atoms with Crippen LogP contribution in [0.5, 0.6) is 0 Å². The van der Waals surface area contributed by atoms with Crippen LogP contribution in [0, 0.1) is 0 Å². The van der Waals surface area contributed by atoms with E-state index in [0.717, 1.165) is 12.1 Å². The number of benzene rings is 2. The fourth-order valence-corrected chi connectivity index (χ4v) is 2.76. The first-order valence-corrected chi connectivity index (χ1v) is 7.96. The van der Waals surface area contributed by atoms with Gasteiger partial charge in [-0.15, -0.1) is 0 Å². The lowest BCUT2D eigenvalue weighted by Crippen LogP contribution is -1.98. The van der Waals surface area contributed by atoms with Gasteiger partial charge in [-0.25, -0.2) is 0 Å². The van der Waals surface area contributed by atoms with Crippen molar-refractivity contribution in [1.29, 1.82) is 0 Å². The summed E-state index contributed by atoms with van der Waals surface area (Å²) in [5, 5.41) is 0. The molecule has 1 heteroatoms. The second-order valence-corrected chi connectivity index (χ2v) is 6.42. The Kier molecular flexibility index (Phi) is 4.72. The molecule has 2 N–H and O–H groups in total. The van der Waals surface area contributed by atoms with E-state index in [9.17, 15) is 0 Å². The summed E-state index contributed by atoms with van der Waals surface area (Å²) in [6.45, 7) is 11.2. The number of aryl methyl sites for hydroxylation is 1. The van der Waals surface area contributed by atoms with Gasteiger partial charge in [0, 0.05) is 5.69 Å². The number of hydrogen-bond acceptors (Lipinski definition) is 1. The zero-order valence-corrected chi connectivity index (χ0v) is 13.9. The summed E-state index contributed by atoms with van der Waals surface area (Å²) in [6.07, 6.45) is 0.973. The molecule has 0 bridgehead atoms. The smallest absolute Gasteiger partial charge is 0.0346 e. The van der Waals surface area contributed by atoms with Crippen molar-refractivity contribution in [1.82, 2.24) is 0 Å². The largest absolute Gasteiger partial charge is 0.399 e. The quantitative estimate of drug-likeness (QED) is 0.710. The maximum Gasteiger partial charge on any atom is 0.0346 e. The first-order chi connectivity index (χ1) is 9.93. The molecule has 2 aromatic rings. The first kappa shape index (κ1) is 15.6. The second kappa shape index (κ2) is 6.34. The maximum absolute atomic E-state index is 6.04. The van der Waals surface area contributed by atoms with Gasteiger partial charge >= 0.3 is 0 Å². The molecule has 0 unspecified atom stereocenters.